The van der Waals surface area contributed by atoms with E-state index in [0.29, 0.717) is 16.3 Å². The molecule has 2 aromatic rings. The Kier molecular flexibility index (Phi) is 4.74. The van der Waals surface area contributed by atoms with Gasteiger partial charge in [0.25, 0.3) is 5.91 Å². The zero-order chi connectivity index (χ0) is 19.1. The van der Waals surface area contributed by atoms with Crippen LogP contribution in [0.3, 0.4) is 0 Å². The molecule has 4 rings (SSSR count). The number of carbonyl (C=O) groups excluding carboxylic acids is 2. The van der Waals surface area contributed by atoms with Gasteiger partial charge in [-0.1, -0.05) is 17.4 Å². The lowest BCUT2D eigenvalue weighted by molar-refractivity contribution is -0.150. The maximum atomic E-state index is 12.6. The molecule has 140 valence electrons. The van der Waals surface area contributed by atoms with E-state index in [1.54, 1.807) is 6.92 Å². The van der Waals surface area contributed by atoms with Crippen molar-refractivity contribution in [3.63, 3.8) is 0 Å². The molecule has 0 aliphatic carbocycles. The lowest BCUT2D eigenvalue weighted by atomic mass is 10.0. The number of aliphatic carboxylic acids is 1. The molecule has 27 heavy (non-hydrogen) atoms. The summed E-state index contributed by atoms with van der Waals surface area (Å²) in [5.41, 5.74) is 0.426. The van der Waals surface area contributed by atoms with Gasteiger partial charge in [0, 0.05) is 16.2 Å². The van der Waals surface area contributed by atoms with Crippen molar-refractivity contribution >= 4 is 57.8 Å². The maximum absolute atomic E-state index is 12.6. The largest absolute Gasteiger partial charge is 0.477 e. The fourth-order valence-electron chi connectivity index (χ4n) is 3.00. The number of fused-ring (bicyclic) bond motifs is 1. The number of aryl methyl sites for hydroxylation is 1. The van der Waals surface area contributed by atoms with Crippen LogP contribution in [0.15, 0.2) is 23.2 Å². The first-order valence-electron chi connectivity index (χ1n) is 7.99. The molecule has 2 amide bonds. The summed E-state index contributed by atoms with van der Waals surface area (Å²) >= 11 is 4.19. The molecule has 2 N–H and O–H groups in total. The smallest absolute Gasteiger partial charge is 0.353 e. The molecule has 2 aliphatic rings. The second-order valence-corrected chi connectivity index (χ2v) is 9.29. The summed E-state index contributed by atoms with van der Waals surface area (Å²) in [7, 11) is 0. The number of nitrogens with one attached hydrogen (secondary N) is 1. The van der Waals surface area contributed by atoms with Gasteiger partial charge in [-0.25, -0.2) is 4.79 Å². The van der Waals surface area contributed by atoms with Crippen LogP contribution in [0.4, 0.5) is 0 Å². The molecule has 1 unspecified atom stereocenters. The lowest BCUT2D eigenvalue weighted by Crippen LogP contribution is -2.70. The number of thiophene rings is 1. The minimum Gasteiger partial charge on any atom is -0.477 e. The molecular formula is C16H14N4O4S3. The van der Waals surface area contributed by atoms with Gasteiger partial charge in [0.15, 0.2) is 0 Å². The van der Waals surface area contributed by atoms with Crippen LogP contribution in [-0.2, 0) is 20.8 Å². The number of carboxylic acid groups (broad SMARTS) is 1. The van der Waals surface area contributed by atoms with Crippen LogP contribution < -0.4 is 5.32 Å². The van der Waals surface area contributed by atoms with E-state index >= 15 is 0 Å². The van der Waals surface area contributed by atoms with E-state index in [4.69, 9.17) is 0 Å². The SMILES string of the molecule is Cc1nnc(C2=C(C(=O)O)N3C(=O)C(NC(=O)Cc4cccs4)[C@@H]3SC2)s1. The van der Waals surface area contributed by atoms with Gasteiger partial charge in [-0.2, -0.15) is 0 Å². The fourth-order valence-corrected chi connectivity index (χ4v) is 5.87. The van der Waals surface area contributed by atoms with Crippen LogP contribution in [-0.4, -0.2) is 55.2 Å². The highest BCUT2D eigenvalue weighted by Gasteiger charge is 2.54. The number of amides is 2. The van der Waals surface area contributed by atoms with Gasteiger partial charge in [0.05, 0.1) is 6.42 Å². The molecular weight excluding hydrogens is 408 g/mol. The predicted octanol–water partition coefficient (Wildman–Crippen LogP) is 1.35. The molecule has 0 bridgehead atoms. The second kappa shape index (κ2) is 7.06. The van der Waals surface area contributed by atoms with Gasteiger partial charge in [-0.3, -0.25) is 14.5 Å². The summed E-state index contributed by atoms with van der Waals surface area (Å²) in [6.07, 6.45) is 0.204. The van der Waals surface area contributed by atoms with Crippen LogP contribution in [0.5, 0.6) is 0 Å². The molecule has 2 aliphatic heterocycles. The van der Waals surface area contributed by atoms with Crippen molar-refractivity contribution in [2.75, 3.05) is 5.75 Å². The Labute approximate surface area is 166 Å². The molecule has 0 aromatic carbocycles. The van der Waals surface area contributed by atoms with E-state index in [9.17, 15) is 19.5 Å². The number of carboxylic acids is 1. The first-order chi connectivity index (χ1) is 13.0. The molecule has 2 atom stereocenters. The summed E-state index contributed by atoms with van der Waals surface area (Å²) in [4.78, 5) is 38.8. The van der Waals surface area contributed by atoms with E-state index in [1.807, 2.05) is 17.5 Å². The van der Waals surface area contributed by atoms with Crippen LogP contribution in [0, 0.1) is 6.92 Å². The van der Waals surface area contributed by atoms with Crippen LogP contribution in [0.1, 0.15) is 14.9 Å². The van der Waals surface area contributed by atoms with Crippen molar-refractivity contribution < 1.29 is 19.5 Å². The van der Waals surface area contributed by atoms with Crippen molar-refractivity contribution in [2.24, 2.45) is 0 Å². The fraction of sp³-hybridized carbons (Fsp3) is 0.312. The summed E-state index contributed by atoms with van der Waals surface area (Å²) in [6, 6.07) is 3.01. The first-order valence-corrected chi connectivity index (χ1v) is 10.7. The van der Waals surface area contributed by atoms with Gasteiger partial charge in [0.2, 0.25) is 5.91 Å². The third kappa shape index (κ3) is 3.26. The van der Waals surface area contributed by atoms with E-state index in [-0.39, 0.29) is 18.0 Å². The maximum Gasteiger partial charge on any atom is 0.353 e. The van der Waals surface area contributed by atoms with Crippen molar-refractivity contribution in [1.82, 2.24) is 20.4 Å². The number of carbonyl (C=O) groups is 3. The second-order valence-electron chi connectivity index (χ2n) is 5.97. The van der Waals surface area contributed by atoms with Crippen molar-refractivity contribution in [3.05, 3.63) is 38.1 Å². The van der Waals surface area contributed by atoms with Gasteiger partial charge in [-0.05, 0) is 18.4 Å². The summed E-state index contributed by atoms with van der Waals surface area (Å²) in [5, 5.41) is 23.0. The molecule has 1 saturated heterocycles. The Balaban J connectivity index is 1.54. The number of aromatic nitrogens is 2. The number of β-lactam (4-membered cyclic amide) rings is 1. The Bertz CT molecular complexity index is 953. The number of hydrogen-bond acceptors (Lipinski definition) is 8. The minimum atomic E-state index is -1.18. The molecule has 4 heterocycles. The van der Waals surface area contributed by atoms with E-state index < -0.39 is 23.3 Å². The molecule has 8 nitrogen and oxygen atoms in total. The highest BCUT2D eigenvalue weighted by molar-refractivity contribution is 8.00. The van der Waals surface area contributed by atoms with Crippen molar-refractivity contribution in [2.45, 2.75) is 24.8 Å². The summed E-state index contributed by atoms with van der Waals surface area (Å²) < 4.78 is 0. The number of rotatable bonds is 5. The normalized spacial score (nSPS) is 21.7. The number of hydrogen-bond donors (Lipinski definition) is 2. The van der Waals surface area contributed by atoms with Crippen molar-refractivity contribution in [1.29, 1.82) is 0 Å². The Morgan fingerprint density at radius 3 is 2.85 bits per heavy atom. The van der Waals surface area contributed by atoms with Crippen molar-refractivity contribution in [3.8, 4) is 0 Å². The van der Waals surface area contributed by atoms with E-state index in [2.05, 4.69) is 15.5 Å². The standard InChI is InChI=1S/C16H14N4O4S3/c1-7-18-19-13(27-7)9-6-26-15-11(14(22)20(15)12(9)16(23)24)17-10(21)5-8-3-2-4-25-8/h2-4,11,15H,5-6H2,1H3,(H,17,21)(H,23,24)/t11?,15-/m0/s1. The Hall–Kier alpha value is -2.24. The topological polar surface area (TPSA) is 112 Å². The van der Waals surface area contributed by atoms with Gasteiger partial charge < -0.3 is 10.4 Å². The predicted molar refractivity (Wildman–Crippen MR) is 102 cm³/mol. The van der Waals surface area contributed by atoms with Crippen LogP contribution in [0.25, 0.3) is 5.57 Å². The van der Waals surface area contributed by atoms with Crippen LogP contribution in [0.2, 0.25) is 0 Å². The molecule has 0 saturated carbocycles. The van der Waals surface area contributed by atoms with Gasteiger partial charge in [-0.15, -0.1) is 33.3 Å². The summed E-state index contributed by atoms with van der Waals surface area (Å²) in [6.45, 7) is 1.79. The quantitative estimate of drug-likeness (QED) is 0.699. The zero-order valence-electron chi connectivity index (χ0n) is 14.0. The molecule has 1 fully saturated rings. The zero-order valence-corrected chi connectivity index (χ0v) is 16.5. The Morgan fingerprint density at radius 2 is 2.22 bits per heavy atom. The number of nitrogens with zero attached hydrogens (tertiary/aromatic N) is 3. The Morgan fingerprint density at radius 1 is 1.41 bits per heavy atom. The monoisotopic (exact) mass is 422 g/mol. The molecule has 2 aromatic heterocycles. The molecule has 11 heteroatoms. The highest BCUT2D eigenvalue weighted by atomic mass is 32.2. The summed E-state index contributed by atoms with van der Waals surface area (Å²) in [5.74, 6) is -1.45. The average molecular weight is 423 g/mol. The van der Waals surface area contributed by atoms with Crippen LogP contribution >= 0.6 is 34.4 Å². The third-order valence-corrected chi connectivity index (χ3v) is 7.24. The van der Waals surface area contributed by atoms with E-state index in [1.165, 1.54) is 39.3 Å². The first kappa shape index (κ1) is 18.1. The molecule has 0 radical (unpaired) electrons. The highest BCUT2D eigenvalue weighted by Crippen LogP contribution is 2.43. The number of thioether (sulfide) groups is 1. The molecule has 0 spiro atoms. The third-order valence-electron chi connectivity index (χ3n) is 4.19. The van der Waals surface area contributed by atoms with E-state index in [0.717, 1.165) is 9.88 Å². The van der Waals surface area contributed by atoms with Gasteiger partial charge in [0.1, 0.15) is 27.1 Å². The minimum absolute atomic E-state index is 0.0661. The average Bonchev–Trinajstić information content (AvgIpc) is 3.29. The lowest BCUT2D eigenvalue weighted by Gasteiger charge is -2.49. The van der Waals surface area contributed by atoms with Gasteiger partial charge >= 0.3 is 5.97 Å².